The Morgan fingerprint density at radius 2 is 1.91 bits per heavy atom. The topological polar surface area (TPSA) is 95.2 Å². The molecule has 0 spiro atoms. The molecule has 1 aliphatic carbocycles. The second-order valence-electron chi connectivity index (χ2n) is 9.18. The Labute approximate surface area is 194 Å². The number of benzene rings is 1. The molecule has 33 heavy (non-hydrogen) atoms. The number of hydrogen-bond donors (Lipinski definition) is 1. The van der Waals surface area contributed by atoms with Gasteiger partial charge in [-0.2, -0.15) is 4.98 Å². The Kier molecular flexibility index (Phi) is 6.53. The molecule has 1 saturated heterocycles. The van der Waals surface area contributed by atoms with E-state index in [0.717, 1.165) is 54.9 Å². The zero-order valence-corrected chi connectivity index (χ0v) is 19.3. The fraction of sp³-hybridized carbons (Fsp3) is 0.520. The van der Waals surface area contributed by atoms with Gasteiger partial charge < -0.3 is 19.2 Å². The number of hydrogen-bond acceptors (Lipinski definition) is 8. The molecule has 2 aromatic heterocycles. The second-order valence-corrected chi connectivity index (χ2v) is 9.18. The summed E-state index contributed by atoms with van der Waals surface area (Å²) in [4.78, 5) is 9.46. The largest absolute Gasteiger partial charge is 0.471 e. The van der Waals surface area contributed by atoms with Gasteiger partial charge in [0.15, 0.2) is 0 Å². The van der Waals surface area contributed by atoms with Gasteiger partial charge >= 0.3 is 0 Å². The second kappa shape index (κ2) is 9.87. The van der Waals surface area contributed by atoms with E-state index < -0.39 is 0 Å². The molecule has 1 atom stereocenters. The fourth-order valence-electron chi connectivity index (χ4n) is 4.51. The Morgan fingerprint density at radius 1 is 1.06 bits per heavy atom. The Morgan fingerprint density at radius 3 is 2.67 bits per heavy atom. The highest BCUT2D eigenvalue weighted by Gasteiger charge is 2.22. The van der Waals surface area contributed by atoms with Gasteiger partial charge in [-0.05, 0) is 62.1 Å². The van der Waals surface area contributed by atoms with Crippen LogP contribution in [0.15, 0.2) is 34.9 Å². The number of ether oxygens (including phenoxy) is 2. The van der Waals surface area contributed by atoms with Crippen LogP contribution in [0.1, 0.15) is 51.3 Å². The summed E-state index contributed by atoms with van der Waals surface area (Å²) in [6.45, 7) is 5.47. The molecule has 174 valence electrons. The summed E-state index contributed by atoms with van der Waals surface area (Å²) in [6, 6.07) is 8.35. The van der Waals surface area contributed by atoms with Gasteiger partial charge in [0.25, 0.3) is 0 Å². The van der Waals surface area contributed by atoms with Gasteiger partial charge in [-0.25, -0.2) is 4.98 Å². The van der Waals surface area contributed by atoms with Gasteiger partial charge in [0.1, 0.15) is 6.10 Å². The van der Waals surface area contributed by atoms with Crippen molar-refractivity contribution in [3.8, 4) is 28.5 Å². The highest BCUT2D eigenvalue weighted by atomic mass is 16.5. The molecule has 1 unspecified atom stereocenters. The van der Waals surface area contributed by atoms with Crippen molar-refractivity contribution < 1.29 is 13.9 Å². The quantitative estimate of drug-likeness (QED) is 0.559. The van der Waals surface area contributed by atoms with Crippen LogP contribution < -0.4 is 10.1 Å². The molecule has 5 rings (SSSR count). The van der Waals surface area contributed by atoms with Gasteiger partial charge in [-0.1, -0.05) is 19.1 Å². The van der Waals surface area contributed by atoms with Gasteiger partial charge in [-0.3, -0.25) is 0 Å². The molecule has 8 nitrogen and oxygen atoms in total. The van der Waals surface area contributed by atoms with Crippen LogP contribution in [0, 0.1) is 12.8 Å². The minimum Gasteiger partial charge on any atom is -0.471 e. The van der Waals surface area contributed by atoms with E-state index in [9.17, 15) is 0 Å². The van der Waals surface area contributed by atoms with Crippen LogP contribution in [0.3, 0.4) is 0 Å². The molecule has 1 N–H and O–H groups in total. The lowest BCUT2D eigenvalue weighted by Gasteiger charge is -2.27. The maximum atomic E-state index is 6.37. The third kappa shape index (κ3) is 5.33. The van der Waals surface area contributed by atoms with E-state index in [1.165, 1.54) is 12.8 Å². The molecule has 3 heterocycles. The normalized spacial score (nSPS) is 23.3. The van der Waals surface area contributed by atoms with Crippen molar-refractivity contribution in [3.63, 3.8) is 0 Å². The molecular weight excluding hydrogens is 418 g/mol. The molecular formula is C25H31N5O3. The first-order valence-corrected chi connectivity index (χ1v) is 11.9. The van der Waals surface area contributed by atoms with E-state index in [0.29, 0.717) is 36.3 Å². The SMILES string of the molecule is Cc1nnc(-c2cccc(-c3cnc(NC4CCC(C)CC4)nc3OC3CCCOC3)c2)o1. The molecule has 0 bridgehead atoms. The van der Waals surface area contributed by atoms with Crippen LogP contribution in [0.2, 0.25) is 0 Å². The monoisotopic (exact) mass is 449 g/mol. The van der Waals surface area contributed by atoms with Gasteiger partial charge in [0.05, 0.1) is 12.2 Å². The number of aryl methyl sites for hydroxylation is 1. The van der Waals surface area contributed by atoms with E-state index in [1.54, 1.807) is 6.92 Å². The fourth-order valence-corrected chi connectivity index (χ4v) is 4.51. The van der Waals surface area contributed by atoms with Crippen LogP contribution in [-0.2, 0) is 4.74 Å². The Balaban J connectivity index is 1.44. The molecule has 2 aliphatic rings. The highest BCUT2D eigenvalue weighted by Crippen LogP contribution is 2.33. The maximum Gasteiger partial charge on any atom is 0.247 e. The molecule has 1 aromatic carbocycles. The molecule has 1 aliphatic heterocycles. The molecule has 0 amide bonds. The predicted octanol–water partition coefficient (Wildman–Crippen LogP) is 5.05. The zero-order chi connectivity index (χ0) is 22.6. The van der Waals surface area contributed by atoms with Crippen molar-refractivity contribution >= 4 is 5.95 Å². The van der Waals surface area contributed by atoms with Crippen molar-refractivity contribution in [2.45, 2.75) is 64.5 Å². The number of rotatable bonds is 6. The molecule has 0 radical (unpaired) electrons. The first-order chi connectivity index (χ1) is 16.1. The lowest BCUT2D eigenvalue weighted by Crippen LogP contribution is -2.29. The lowest BCUT2D eigenvalue weighted by molar-refractivity contribution is 0.00578. The lowest BCUT2D eigenvalue weighted by atomic mass is 9.87. The standard InChI is InChI=1S/C25H31N5O3/c1-16-8-10-20(11-9-16)27-25-26-14-22(24(28-25)33-21-7-4-12-31-15-21)18-5-3-6-19(13-18)23-30-29-17(2)32-23/h3,5-6,13-14,16,20-21H,4,7-12,15H2,1-2H3,(H,26,27,28). The van der Waals surface area contributed by atoms with Crippen LogP contribution in [0.25, 0.3) is 22.6 Å². The average molecular weight is 450 g/mol. The number of anilines is 1. The maximum absolute atomic E-state index is 6.37. The van der Waals surface area contributed by atoms with Crippen molar-refractivity contribution in [1.82, 2.24) is 20.2 Å². The van der Waals surface area contributed by atoms with Crippen molar-refractivity contribution in [2.24, 2.45) is 5.92 Å². The summed E-state index contributed by atoms with van der Waals surface area (Å²) < 4.78 is 17.6. The summed E-state index contributed by atoms with van der Waals surface area (Å²) in [6.07, 6.45) is 8.53. The third-order valence-electron chi connectivity index (χ3n) is 6.45. The predicted molar refractivity (Wildman–Crippen MR) is 125 cm³/mol. The summed E-state index contributed by atoms with van der Waals surface area (Å²) in [5.74, 6) is 3.02. The van der Waals surface area contributed by atoms with Crippen LogP contribution >= 0.6 is 0 Å². The number of aromatic nitrogens is 4. The average Bonchev–Trinajstić information content (AvgIpc) is 3.28. The molecule has 1 saturated carbocycles. The molecule has 3 aromatic rings. The number of nitrogens with one attached hydrogen (secondary N) is 1. The highest BCUT2D eigenvalue weighted by molar-refractivity contribution is 5.73. The minimum atomic E-state index is -0.0162. The molecule has 8 heteroatoms. The minimum absolute atomic E-state index is 0.0162. The zero-order valence-electron chi connectivity index (χ0n) is 19.3. The summed E-state index contributed by atoms with van der Waals surface area (Å²) in [7, 11) is 0. The summed E-state index contributed by atoms with van der Waals surface area (Å²) in [5.41, 5.74) is 2.62. The van der Waals surface area contributed by atoms with Crippen LogP contribution in [-0.4, -0.2) is 45.5 Å². The van der Waals surface area contributed by atoms with Gasteiger partial charge in [-0.15, -0.1) is 10.2 Å². The summed E-state index contributed by atoms with van der Waals surface area (Å²) >= 11 is 0. The first-order valence-electron chi connectivity index (χ1n) is 11.9. The van der Waals surface area contributed by atoms with Gasteiger partial charge in [0, 0.05) is 31.3 Å². The van der Waals surface area contributed by atoms with Crippen molar-refractivity contribution in [1.29, 1.82) is 0 Å². The third-order valence-corrected chi connectivity index (χ3v) is 6.45. The summed E-state index contributed by atoms with van der Waals surface area (Å²) in [5, 5.41) is 11.6. The first kappa shape index (κ1) is 21.8. The van der Waals surface area contributed by atoms with E-state index in [2.05, 4.69) is 27.4 Å². The van der Waals surface area contributed by atoms with Gasteiger partial charge in [0.2, 0.25) is 23.6 Å². The van der Waals surface area contributed by atoms with Crippen LogP contribution in [0.4, 0.5) is 5.95 Å². The smallest absolute Gasteiger partial charge is 0.247 e. The number of nitrogens with zero attached hydrogens (tertiary/aromatic N) is 4. The van der Waals surface area contributed by atoms with E-state index in [4.69, 9.17) is 18.9 Å². The van der Waals surface area contributed by atoms with E-state index in [1.807, 2.05) is 30.5 Å². The van der Waals surface area contributed by atoms with Crippen molar-refractivity contribution in [2.75, 3.05) is 18.5 Å². The van der Waals surface area contributed by atoms with Crippen molar-refractivity contribution in [3.05, 3.63) is 36.4 Å². The Hall–Kier alpha value is -3.00. The van der Waals surface area contributed by atoms with Crippen LogP contribution in [0.5, 0.6) is 5.88 Å². The Bertz CT molecular complexity index is 1070. The van der Waals surface area contributed by atoms with E-state index >= 15 is 0 Å². The van der Waals surface area contributed by atoms with E-state index in [-0.39, 0.29) is 6.10 Å². The molecule has 2 fully saturated rings.